The number of hydrogen-bond acceptors (Lipinski definition) is 6. The molecule has 2 heterocycles. The molecule has 0 radical (unpaired) electrons. The highest BCUT2D eigenvalue weighted by molar-refractivity contribution is 7.92. The molecule has 0 atom stereocenters. The maximum absolute atomic E-state index is 13.0. The van der Waals surface area contributed by atoms with Gasteiger partial charge in [0.1, 0.15) is 0 Å². The molecule has 0 aliphatic carbocycles. The predicted octanol–water partition coefficient (Wildman–Crippen LogP) is 4.79. The Balaban J connectivity index is 1.67. The Morgan fingerprint density at radius 1 is 0.944 bits per heavy atom. The van der Waals surface area contributed by atoms with E-state index in [0.29, 0.717) is 38.7 Å². The summed E-state index contributed by atoms with van der Waals surface area (Å²) in [6.07, 6.45) is 2.76. The number of aryl methyl sites for hydroxylation is 1. The van der Waals surface area contributed by atoms with Gasteiger partial charge < -0.3 is 0 Å². The predicted molar refractivity (Wildman–Crippen MR) is 140 cm³/mol. The van der Waals surface area contributed by atoms with Crippen molar-refractivity contribution in [2.45, 2.75) is 6.92 Å². The number of hydrogen-bond donors (Lipinski definition) is 1. The fraction of sp³-hybridized carbons (Fsp3) is 0.0769. The number of nitrogens with zero attached hydrogens (tertiary/aromatic N) is 3. The fourth-order valence-corrected chi connectivity index (χ4v) is 4.79. The number of sulfonamides is 1. The second-order valence-corrected chi connectivity index (χ2v) is 10.2. The van der Waals surface area contributed by atoms with Gasteiger partial charge in [-0.05, 0) is 48.4 Å². The molecule has 1 N–H and O–H groups in total. The number of nitro groups is 1. The third-order valence-corrected chi connectivity index (χ3v) is 6.49. The van der Waals surface area contributed by atoms with Gasteiger partial charge >= 0.3 is 0 Å². The van der Waals surface area contributed by atoms with Crippen molar-refractivity contribution in [2.24, 2.45) is 0 Å². The van der Waals surface area contributed by atoms with Gasteiger partial charge in [-0.25, -0.2) is 8.42 Å². The minimum absolute atomic E-state index is 0.0640. The summed E-state index contributed by atoms with van der Waals surface area (Å²) in [6, 6.07) is 20.4. The molecular formula is C26H20N4O5S. The maximum atomic E-state index is 13.0. The van der Waals surface area contributed by atoms with Crippen molar-refractivity contribution in [1.29, 1.82) is 0 Å². The third kappa shape index (κ3) is 4.29. The van der Waals surface area contributed by atoms with Crippen LogP contribution in [-0.2, 0) is 10.0 Å². The molecule has 180 valence electrons. The Morgan fingerprint density at radius 2 is 1.67 bits per heavy atom. The van der Waals surface area contributed by atoms with Crippen LogP contribution in [0.1, 0.15) is 5.56 Å². The van der Waals surface area contributed by atoms with Gasteiger partial charge in [-0.15, -0.1) is 0 Å². The van der Waals surface area contributed by atoms with Crippen LogP contribution in [0.25, 0.3) is 38.6 Å². The highest BCUT2D eigenvalue weighted by Gasteiger charge is 2.16. The number of rotatable bonds is 5. The normalized spacial score (nSPS) is 11.6. The molecule has 0 saturated carbocycles. The Hall–Kier alpha value is -4.57. The van der Waals surface area contributed by atoms with E-state index in [0.717, 1.165) is 17.4 Å². The average molecular weight is 501 g/mol. The number of anilines is 1. The van der Waals surface area contributed by atoms with Crippen LogP contribution in [-0.4, -0.2) is 29.1 Å². The first-order valence-electron chi connectivity index (χ1n) is 10.9. The van der Waals surface area contributed by atoms with E-state index in [4.69, 9.17) is 0 Å². The van der Waals surface area contributed by atoms with Crippen molar-refractivity contribution >= 4 is 43.2 Å². The van der Waals surface area contributed by atoms with Gasteiger partial charge in [0, 0.05) is 40.4 Å². The lowest BCUT2D eigenvalue weighted by molar-refractivity contribution is -0.385. The van der Waals surface area contributed by atoms with Gasteiger partial charge in [-0.2, -0.15) is 0 Å². The van der Waals surface area contributed by atoms with Crippen molar-refractivity contribution in [3.05, 3.63) is 105 Å². The SMILES string of the molecule is Cc1ccc(-n2c(=O)ccc3cnc4cc(-c5ccc(NS(C)(=O)=O)cc5)ccc4c32)cc1[N+](=O)[O-]. The topological polar surface area (TPSA) is 124 Å². The summed E-state index contributed by atoms with van der Waals surface area (Å²) in [6.45, 7) is 1.65. The van der Waals surface area contributed by atoms with Crippen molar-refractivity contribution in [2.75, 3.05) is 11.0 Å². The Labute approximate surface area is 205 Å². The summed E-state index contributed by atoms with van der Waals surface area (Å²) in [5.41, 5.74) is 3.94. The number of pyridine rings is 2. The molecule has 9 nitrogen and oxygen atoms in total. The lowest BCUT2D eigenvalue weighted by Gasteiger charge is -2.13. The minimum atomic E-state index is -3.37. The van der Waals surface area contributed by atoms with Crippen LogP contribution >= 0.6 is 0 Å². The maximum Gasteiger partial charge on any atom is 0.274 e. The summed E-state index contributed by atoms with van der Waals surface area (Å²) in [7, 11) is -3.37. The van der Waals surface area contributed by atoms with Crippen LogP contribution in [0.15, 0.2) is 83.8 Å². The van der Waals surface area contributed by atoms with Crippen LogP contribution in [0.3, 0.4) is 0 Å². The van der Waals surface area contributed by atoms with Gasteiger partial charge in [0.15, 0.2) is 0 Å². The largest absolute Gasteiger partial charge is 0.284 e. The Bertz CT molecular complexity index is 1850. The summed E-state index contributed by atoms with van der Waals surface area (Å²) in [5.74, 6) is 0. The molecule has 0 bridgehead atoms. The molecule has 0 unspecified atom stereocenters. The first-order chi connectivity index (χ1) is 17.1. The fourth-order valence-electron chi connectivity index (χ4n) is 4.23. The summed E-state index contributed by atoms with van der Waals surface area (Å²) in [5, 5.41) is 12.9. The van der Waals surface area contributed by atoms with Crippen molar-refractivity contribution in [3.8, 4) is 16.8 Å². The number of nitro benzene ring substituents is 1. The van der Waals surface area contributed by atoms with Crippen LogP contribution in [0, 0.1) is 17.0 Å². The highest BCUT2D eigenvalue weighted by atomic mass is 32.2. The van der Waals surface area contributed by atoms with Gasteiger partial charge in [0.05, 0.1) is 27.9 Å². The Morgan fingerprint density at radius 3 is 2.36 bits per heavy atom. The Kier molecular flexibility index (Phi) is 5.52. The van der Waals surface area contributed by atoms with Gasteiger partial charge in [-0.1, -0.05) is 30.3 Å². The molecule has 0 fully saturated rings. The lowest BCUT2D eigenvalue weighted by atomic mass is 10.0. The minimum Gasteiger partial charge on any atom is -0.284 e. The second kappa shape index (κ2) is 8.58. The molecular weight excluding hydrogens is 480 g/mol. The van der Waals surface area contributed by atoms with Crippen LogP contribution < -0.4 is 10.3 Å². The van der Waals surface area contributed by atoms with E-state index in [1.54, 1.807) is 55.6 Å². The van der Waals surface area contributed by atoms with Gasteiger partial charge in [0.2, 0.25) is 10.0 Å². The molecule has 10 heteroatoms. The molecule has 0 saturated heterocycles. The second-order valence-electron chi connectivity index (χ2n) is 8.48. The summed E-state index contributed by atoms with van der Waals surface area (Å²) < 4.78 is 26.8. The molecule has 3 aromatic carbocycles. The molecule has 2 aromatic heterocycles. The number of aromatic nitrogens is 2. The van der Waals surface area contributed by atoms with Crippen molar-refractivity contribution in [3.63, 3.8) is 0 Å². The molecule has 0 aliphatic heterocycles. The van der Waals surface area contributed by atoms with E-state index < -0.39 is 14.9 Å². The lowest BCUT2D eigenvalue weighted by Crippen LogP contribution is -2.18. The average Bonchev–Trinajstić information content (AvgIpc) is 2.83. The van der Waals surface area contributed by atoms with E-state index in [-0.39, 0.29) is 11.2 Å². The third-order valence-electron chi connectivity index (χ3n) is 5.89. The molecule has 0 spiro atoms. The smallest absolute Gasteiger partial charge is 0.274 e. The van der Waals surface area contributed by atoms with E-state index in [1.165, 1.54) is 16.7 Å². The number of fused-ring (bicyclic) bond motifs is 3. The van der Waals surface area contributed by atoms with Crippen molar-refractivity contribution in [1.82, 2.24) is 9.55 Å². The van der Waals surface area contributed by atoms with E-state index in [2.05, 4.69) is 9.71 Å². The van der Waals surface area contributed by atoms with E-state index >= 15 is 0 Å². The quantitative estimate of drug-likeness (QED) is 0.210. The molecule has 5 rings (SSSR count). The zero-order valence-electron chi connectivity index (χ0n) is 19.3. The van der Waals surface area contributed by atoms with Crippen molar-refractivity contribution < 1.29 is 13.3 Å². The first-order valence-corrected chi connectivity index (χ1v) is 12.8. The molecule has 36 heavy (non-hydrogen) atoms. The van der Waals surface area contributed by atoms with E-state index in [9.17, 15) is 23.3 Å². The van der Waals surface area contributed by atoms with Gasteiger partial charge in [0.25, 0.3) is 11.2 Å². The summed E-state index contributed by atoms with van der Waals surface area (Å²) in [4.78, 5) is 28.6. The number of nitrogens with one attached hydrogen (secondary N) is 1. The zero-order valence-corrected chi connectivity index (χ0v) is 20.1. The summed E-state index contributed by atoms with van der Waals surface area (Å²) >= 11 is 0. The monoisotopic (exact) mass is 500 g/mol. The molecule has 0 amide bonds. The molecule has 0 aliphatic rings. The zero-order chi connectivity index (χ0) is 25.6. The van der Waals surface area contributed by atoms with Crippen LogP contribution in [0.2, 0.25) is 0 Å². The molecule has 5 aromatic rings. The van der Waals surface area contributed by atoms with E-state index in [1.807, 2.05) is 18.2 Å². The standard InChI is InChI=1S/C26H20N4O5S/c1-16-3-10-21(14-24(16)30(32)33)29-25(31)12-7-19-15-27-23-13-18(6-11-22(23)26(19)29)17-4-8-20(9-5-17)28-36(2,34)35/h3-15,28H,1-2H3. The van der Waals surface area contributed by atoms with Crippen LogP contribution in [0.5, 0.6) is 0 Å². The highest BCUT2D eigenvalue weighted by Crippen LogP contribution is 2.30. The van der Waals surface area contributed by atoms with Crippen LogP contribution in [0.4, 0.5) is 11.4 Å². The first kappa shape index (κ1) is 23.2. The van der Waals surface area contributed by atoms with Gasteiger partial charge in [-0.3, -0.25) is 29.2 Å². The number of benzene rings is 3.